The molecule has 22 nitrogen and oxygen atoms in total. The lowest BCUT2D eigenvalue weighted by molar-refractivity contribution is -0.142. The molecular weight excluding hydrogens is 1060 g/mol. The Morgan fingerprint density at radius 1 is 0.829 bits per heavy atom. The second kappa shape index (κ2) is 23.0. The van der Waals surface area contributed by atoms with Gasteiger partial charge in [0.05, 0.1) is 31.4 Å². The number of benzene rings is 1. The summed E-state index contributed by atoms with van der Waals surface area (Å²) in [5.74, 6) is -0.466. The van der Waals surface area contributed by atoms with E-state index in [9.17, 15) is 37.0 Å². The number of carbonyl (C=O) groups excluding carboxylic acids is 1. The van der Waals surface area contributed by atoms with Crippen molar-refractivity contribution in [2.75, 3.05) is 20.3 Å². The van der Waals surface area contributed by atoms with Crippen LogP contribution in [0.1, 0.15) is 97.7 Å². The summed E-state index contributed by atoms with van der Waals surface area (Å²) in [6.07, 6.45) is 2.38. The molecule has 1 fully saturated rings. The highest BCUT2D eigenvalue weighted by atomic mass is 32.2. The molecule has 76 heavy (non-hydrogen) atoms. The quantitative estimate of drug-likeness (QED) is 0.0282. The zero-order valence-electron chi connectivity index (χ0n) is 46.1. The maximum atomic E-state index is 14.6. The minimum absolute atomic E-state index is 0.0113. The summed E-state index contributed by atoms with van der Waals surface area (Å²) in [5.41, 5.74) is 2.80. The van der Waals surface area contributed by atoms with Gasteiger partial charge in [0.25, 0.3) is 21.2 Å². The van der Waals surface area contributed by atoms with E-state index in [0.29, 0.717) is 25.7 Å². The third-order valence-electron chi connectivity index (χ3n) is 15.0. The first-order valence-electron chi connectivity index (χ1n) is 25.4. The first kappa shape index (κ1) is 60.7. The number of rotatable bonds is 22. The number of methoxy groups -OCH3 is 1. The molecule has 0 amide bonds. The van der Waals surface area contributed by atoms with Gasteiger partial charge in [0, 0.05) is 36.6 Å². The number of carbonyl (C=O) groups is 1. The Labute approximate surface area is 446 Å². The highest BCUT2D eigenvalue weighted by molar-refractivity contribution is 7.90. The number of hydrogen-bond acceptors (Lipinski definition) is 17. The molecule has 3 aliphatic rings. The van der Waals surface area contributed by atoms with Crippen LogP contribution in [0.5, 0.6) is 5.75 Å². The molecule has 6 rings (SSSR count). The van der Waals surface area contributed by atoms with Crippen LogP contribution in [0, 0.1) is 13.8 Å². The van der Waals surface area contributed by atoms with Crippen LogP contribution in [0.25, 0.3) is 0 Å². The summed E-state index contributed by atoms with van der Waals surface area (Å²) < 4.78 is 93.9. The van der Waals surface area contributed by atoms with Gasteiger partial charge in [-0.15, -0.1) is 0 Å². The van der Waals surface area contributed by atoms with Crippen molar-refractivity contribution in [1.29, 1.82) is 0 Å². The van der Waals surface area contributed by atoms with Crippen LogP contribution < -0.4 is 37.8 Å². The third-order valence-corrected chi connectivity index (χ3v) is 26.6. The van der Waals surface area contributed by atoms with Gasteiger partial charge in [-0.05, 0) is 88.1 Å². The molecule has 2 aromatic heterocycles. The molecule has 1 spiro atoms. The number of aromatic nitrogens is 4. The lowest BCUT2D eigenvalue weighted by Gasteiger charge is -2.43. The van der Waals surface area contributed by atoms with E-state index in [1.54, 1.807) is 56.3 Å². The fourth-order valence-corrected chi connectivity index (χ4v) is 13.5. The molecule has 5 heterocycles. The van der Waals surface area contributed by atoms with E-state index < -0.39 is 110 Å². The summed E-state index contributed by atoms with van der Waals surface area (Å²) in [6, 6.07) is 7.20. The number of unbranched alkanes of at least 4 members (excludes halogenated alkanes) is 3. The molecule has 0 bridgehead atoms. The molecule has 3 N–H and O–H groups in total. The van der Waals surface area contributed by atoms with E-state index in [1.165, 1.54) is 35.6 Å². The maximum Gasteiger partial charge on any atom is 0.459 e. The van der Waals surface area contributed by atoms with Crippen molar-refractivity contribution >= 4 is 40.5 Å². The van der Waals surface area contributed by atoms with E-state index in [0.717, 1.165) is 14.5 Å². The first-order chi connectivity index (χ1) is 35.2. The number of para-hydroxylation sites is 1. The molecule has 422 valence electrons. The van der Waals surface area contributed by atoms with E-state index in [4.69, 9.17) is 42.0 Å². The number of esters is 1. The number of ether oxygens (including phenoxy) is 3. The van der Waals surface area contributed by atoms with E-state index in [2.05, 4.69) is 25.9 Å². The Balaban J connectivity index is 1.15. The predicted molar refractivity (Wildman–Crippen MR) is 290 cm³/mol. The molecule has 0 saturated carbocycles. The van der Waals surface area contributed by atoms with Crippen molar-refractivity contribution in [1.82, 2.24) is 23.4 Å². The molecule has 3 aromatic rings. The molecule has 0 radical (unpaired) electrons. The summed E-state index contributed by atoms with van der Waals surface area (Å²) in [4.78, 5) is 67.8. The molecule has 0 aliphatic carbocycles. The van der Waals surface area contributed by atoms with Crippen molar-refractivity contribution in [2.45, 2.75) is 180 Å². The maximum absolute atomic E-state index is 14.6. The van der Waals surface area contributed by atoms with E-state index in [-0.39, 0.29) is 53.9 Å². The van der Waals surface area contributed by atoms with Crippen molar-refractivity contribution in [3.05, 3.63) is 119 Å². The molecule has 8 atom stereocenters. The predicted octanol–water partition coefficient (Wildman–Crippen LogP) is 6.23. The molecule has 26 heteroatoms. The summed E-state index contributed by atoms with van der Waals surface area (Å²) in [5, 5.41) is 2.83. The largest absolute Gasteiger partial charge is 0.468 e. The van der Waals surface area contributed by atoms with E-state index in [1.807, 2.05) is 47.0 Å². The normalized spacial score (nSPS) is 23.9. The van der Waals surface area contributed by atoms with Crippen LogP contribution in [0.3, 0.4) is 0 Å². The Kier molecular flexibility index (Phi) is 18.4. The van der Waals surface area contributed by atoms with Gasteiger partial charge in [0.15, 0.2) is 34.7 Å². The highest BCUT2D eigenvalue weighted by Gasteiger charge is 2.67. The average molecular weight is 1140 g/mol. The van der Waals surface area contributed by atoms with Crippen molar-refractivity contribution in [2.24, 2.45) is 5.73 Å². The molecule has 1 aromatic carbocycles. The lowest BCUT2D eigenvalue weighted by atomic mass is 9.89. The topological polar surface area (TPSA) is 268 Å². The summed E-state index contributed by atoms with van der Waals surface area (Å²) in [6.45, 7) is 24.6. The number of aryl methyl sites for hydroxylation is 2. The van der Waals surface area contributed by atoms with Crippen LogP contribution in [-0.2, 0) is 64.3 Å². The Hall–Kier alpha value is -4.54. The smallest absolute Gasteiger partial charge is 0.459 e. The second-order valence-electron chi connectivity index (χ2n) is 22.7. The van der Waals surface area contributed by atoms with E-state index >= 15 is 0 Å². The van der Waals surface area contributed by atoms with Crippen LogP contribution in [0.2, 0.25) is 36.3 Å². The van der Waals surface area contributed by atoms with Gasteiger partial charge in [-0.25, -0.2) is 18.3 Å². The fourth-order valence-electron chi connectivity index (χ4n) is 8.47. The number of nitrogens with zero attached hydrogens (tertiary/aromatic N) is 4. The van der Waals surface area contributed by atoms with Gasteiger partial charge in [0.1, 0.15) is 30.1 Å². The zero-order valence-corrected chi connectivity index (χ0v) is 49.9. The summed E-state index contributed by atoms with van der Waals surface area (Å²) in [7, 11) is -12.6. The van der Waals surface area contributed by atoms with Gasteiger partial charge >= 0.3 is 25.1 Å². The zero-order chi connectivity index (χ0) is 56.6. The molecule has 4 unspecified atom stereocenters. The monoisotopic (exact) mass is 1140 g/mol. The van der Waals surface area contributed by atoms with Gasteiger partial charge in [-0.3, -0.25) is 37.2 Å². The highest BCUT2D eigenvalue weighted by Crippen LogP contribution is 2.52. The SMILES string of the molecule is COC(=O)C(C)NP(=O)(OC[C@@H]1C=C[C@H](n2cc(C)c(=O)n(CCCCCCn3c(=O)c(C)cn([C@@H]4OC(CO[Si](C)(C)C(C)(C)C)C5(OS(=O)(=O)C=C5N)[C@H]4O[Si](C)(C)C(C)(C)C)c3=O)c2=O)O1)Oc1ccccc1. The number of nitrogens with one attached hydrogen (secondary N) is 1. The lowest BCUT2D eigenvalue weighted by Crippen LogP contribution is -2.59. The van der Waals surface area contributed by atoms with Crippen molar-refractivity contribution in [3.8, 4) is 5.75 Å². The molecule has 1 saturated heterocycles. The van der Waals surface area contributed by atoms with Crippen LogP contribution in [0.4, 0.5) is 0 Å². The van der Waals surface area contributed by atoms with Crippen molar-refractivity contribution < 1.29 is 54.1 Å². The second-order valence-corrected chi connectivity index (χ2v) is 35.3. The Bertz CT molecular complexity index is 3090. The van der Waals surface area contributed by atoms with Gasteiger partial charge in [-0.1, -0.05) is 78.7 Å². The minimum Gasteiger partial charge on any atom is -0.468 e. The fraction of sp³-hybridized carbons (Fsp3) is 0.620. The average Bonchev–Trinajstić information content (AvgIpc) is 3.99. The van der Waals surface area contributed by atoms with Crippen LogP contribution in [0.15, 0.2) is 85.2 Å². The molecule has 3 aliphatic heterocycles. The standard InChI is InChI=1S/C50H77N6O16PSSi2/c1-33-28-55(40-25-24-37(68-40)30-66-73(62,52-35(3)45(59)65-10)70-36-22-18-17-19-23-36)46(60)53(42(33)57)26-20-15-16-21-27-54-43(58)34(2)29-56(47(54)61)44-41(71-76(13,14)49(7,8)9)50(38(51)32-74(63,64)72-50)39(69-44)31-67-75(11,12)48(4,5)6/h17-19,22-25,28-29,32,35,37,39-41,44H,15-16,20-21,26-27,30-31,51H2,1-14H3,(H,52,62)/t35?,37-,39?,40+,41-,44+,50?,73?/m0/s1. The number of hydrogen-bond donors (Lipinski definition) is 2. The van der Waals surface area contributed by atoms with Gasteiger partial charge in [0.2, 0.25) is 0 Å². The van der Waals surface area contributed by atoms with Gasteiger partial charge in [-0.2, -0.15) is 13.5 Å². The first-order valence-corrected chi connectivity index (χ1v) is 34.2. The van der Waals surface area contributed by atoms with Gasteiger partial charge < -0.3 is 33.3 Å². The number of nitrogens with two attached hydrogens (primary N) is 1. The third kappa shape index (κ3) is 13.1. The minimum atomic E-state index is -4.33. The molecular formula is C50H77N6O16PSSi2. The summed E-state index contributed by atoms with van der Waals surface area (Å²) >= 11 is 0. The van der Waals surface area contributed by atoms with Crippen LogP contribution >= 0.6 is 7.75 Å². The van der Waals surface area contributed by atoms with Crippen LogP contribution in [-0.4, -0.2) is 99.6 Å². The Morgan fingerprint density at radius 2 is 1.38 bits per heavy atom. The Morgan fingerprint density at radius 3 is 1.91 bits per heavy atom. The van der Waals surface area contributed by atoms with Crippen molar-refractivity contribution in [3.63, 3.8) is 0 Å².